The summed E-state index contributed by atoms with van der Waals surface area (Å²) in [5.74, 6) is 0.535. The number of hydrogen-bond acceptors (Lipinski definition) is 5. The number of nitrogen functional groups attached to an aromatic ring is 2. The van der Waals surface area contributed by atoms with Crippen molar-refractivity contribution < 1.29 is 0 Å². The van der Waals surface area contributed by atoms with Gasteiger partial charge in [-0.15, -0.1) is 0 Å². The van der Waals surface area contributed by atoms with Crippen molar-refractivity contribution >= 4 is 56.4 Å². The van der Waals surface area contributed by atoms with E-state index in [1.54, 1.807) is 0 Å². The lowest BCUT2D eigenvalue weighted by atomic mass is 9.93. The molecule has 2 aromatic heterocycles. The minimum absolute atomic E-state index is 0.161. The lowest BCUT2D eigenvalue weighted by Crippen LogP contribution is -2.02. The van der Waals surface area contributed by atoms with E-state index in [4.69, 9.17) is 23.7 Å². The topological polar surface area (TPSA) is 93.6 Å². The average molecular weight is 307 g/mol. The maximum absolute atomic E-state index is 6.08. The van der Waals surface area contributed by atoms with Crippen LogP contribution in [0, 0.1) is 0 Å². The maximum atomic E-state index is 6.08. The Morgan fingerprint density at radius 1 is 1.14 bits per heavy atom. The van der Waals surface area contributed by atoms with E-state index >= 15 is 0 Å². The summed E-state index contributed by atoms with van der Waals surface area (Å²) < 4.78 is 0. The number of nitrogens with zero attached hydrogens (tertiary/aromatic N) is 2. The zero-order valence-corrected chi connectivity index (χ0v) is 12.4. The van der Waals surface area contributed by atoms with Gasteiger partial charge in [0.15, 0.2) is 0 Å². The average Bonchev–Trinajstić information content (AvgIpc) is 2.86. The highest BCUT2D eigenvalue weighted by Gasteiger charge is 2.18. The summed E-state index contributed by atoms with van der Waals surface area (Å²) in [5.41, 5.74) is 15.4. The van der Waals surface area contributed by atoms with E-state index in [1.165, 1.54) is 0 Å². The summed E-state index contributed by atoms with van der Waals surface area (Å²) in [4.78, 5) is 12.5. The largest absolute Gasteiger partial charge is 0.383 e. The fraction of sp³-hybridized carbons (Fsp3) is 0.0625. The lowest BCUT2D eigenvalue weighted by molar-refractivity contribution is 1.23. The highest BCUT2D eigenvalue weighted by molar-refractivity contribution is 7.81. The molecule has 108 valence electrons. The molecule has 6 heteroatoms. The third-order valence-corrected chi connectivity index (χ3v) is 4.20. The van der Waals surface area contributed by atoms with E-state index in [0.717, 1.165) is 38.7 Å². The van der Waals surface area contributed by atoms with Gasteiger partial charge in [-0.25, -0.2) is 0 Å². The molecule has 0 atom stereocenters. The number of aromatic amines is 1. The molecule has 1 aliphatic carbocycles. The number of allylic oxidation sites excluding steroid dienone is 4. The monoisotopic (exact) mass is 307 g/mol. The van der Waals surface area contributed by atoms with Crippen LogP contribution >= 0.6 is 12.2 Å². The first kappa shape index (κ1) is 13.0. The first-order valence-corrected chi connectivity index (χ1v) is 7.30. The number of nitrogens with two attached hydrogens (primary N) is 2. The maximum Gasteiger partial charge on any atom is 0.223 e. The molecule has 0 amide bonds. The van der Waals surface area contributed by atoms with Gasteiger partial charge in [-0.3, -0.25) is 0 Å². The molecule has 0 spiro atoms. The Morgan fingerprint density at radius 3 is 2.82 bits per heavy atom. The van der Waals surface area contributed by atoms with Crippen LogP contribution in [0.4, 0.5) is 11.8 Å². The second-order valence-corrected chi connectivity index (χ2v) is 5.67. The van der Waals surface area contributed by atoms with Crippen LogP contribution in [0.15, 0.2) is 36.4 Å². The number of fused-ring (bicyclic) bond motifs is 3. The quantitative estimate of drug-likeness (QED) is 0.601. The molecule has 5 N–H and O–H groups in total. The summed E-state index contributed by atoms with van der Waals surface area (Å²) in [7, 11) is 0. The SMILES string of the molecule is Nc1nc(N)c2c(n1)[nH]c1cccc(C3=CC=CCC3=S)c12. The highest BCUT2D eigenvalue weighted by atomic mass is 32.1. The second kappa shape index (κ2) is 4.64. The predicted molar refractivity (Wildman–Crippen MR) is 94.6 cm³/mol. The molecular weight excluding hydrogens is 294 g/mol. The van der Waals surface area contributed by atoms with Crippen molar-refractivity contribution in [1.29, 1.82) is 0 Å². The number of anilines is 2. The van der Waals surface area contributed by atoms with E-state index < -0.39 is 0 Å². The zero-order valence-electron chi connectivity index (χ0n) is 11.6. The summed E-state index contributed by atoms with van der Waals surface area (Å²) >= 11 is 5.51. The van der Waals surface area contributed by atoms with Gasteiger partial charge < -0.3 is 16.5 Å². The van der Waals surface area contributed by atoms with Crippen molar-refractivity contribution in [2.45, 2.75) is 6.42 Å². The van der Waals surface area contributed by atoms with Gasteiger partial charge in [0, 0.05) is 22.2 Å². The Morgan fingerprint density at radius 2 is 2.00 bits per heavy atom. The van der Waals surface area contributed by atoms with Gasteiger partial charge in [0.05, 0.1) is 5.39 Å². The van der Waals surface area contributed by atoms with Crippen LogP contribution < -0.4 is 11.5 Å². The number of rotatable bonds is 1. The fourth-order valence-corrected chi connectivity index (χ4v) is 3.17. The van der Waals surface area contributed by atoms with Gasteiger partial charge in [0.1, 0.15) is 11.5 Å². The van der Waals surface area contributed by atoms with Crippen LogP contribution in [0.25, 0.3) is 27.5 Å². The van der Waals surface area contributed by atoms with Gasteiger partial charge in [0.25, 0.3) is 0 Å². The van der Waals surface area contributed by atoms with Crippen molar-refractivity contribution in [2.24, 2.45) is 0 Å². The Bertz CT molecular complexity index is 997. The normalized spacial score (nSPS) is 14.7. The molecule has 4 rings (SSSR count). The van der Waals surface area contributed by atoms with Crippen LogP contribution in [0.3, 0.4) is 0 Å². The molecule has 0 radical (unpaired) electrons. The van der Waals surface area contributed by atoms with E-state index in [-0.39, 0.29) is 5.95 Å². The van der Waals surface area contributed by atoms with Gasteiger partial charge in [0.2, 0.25) is 5.95 Å². The Labute approximate surface area is 131 Å². The molecule has 0 unspecified atom stereocenters. The predicted octanol–water partition coefficient (Wildman–Crippen LogP) is 2.99. The van der Waals surface area contributed by atoms with Gasteiger partial charge in [-0.05, 0) is 17.2 Å². The lowest BCUT2D eigenvalue weighted by Gasteiger charge is -2.12. The molecule has 1 aliphatic rings. The van der Waals surface area contributed by atoms with Gasteiger partial charge >= 0.3 is 0 Å². The first-order chi connectivity index (χ1) is 10.6. The van der Waals surface area contributed by atoms with E-state index in [9.17, 15) is 0 Å². The third-order valence-electron chi connectivity index (χ3n) is 3.81. The molecule has 0 bridgehead atoms. The Kier molecular flexibility index (Phi) is 2.74. The number of thiocarbonyl (C=S) groups is 1. The number of hydrogen-bond donors (Lipinski definition) is 3. The molecule has 2 heterocycles. The summed E-state index contributed by atoms with van der Waals surface area (Å²) in [6, 6.07) is 6.02. The van der Waals surface area contributed by atoms with Crippen molar-refractivity contribution in [1.82, 2.24) is 15.0 Å². The van der Waals surface area contributed by atoms with Crippen LogP contribution in [0.2, 0.25) is 0 Å². The smallest absolute Gasteiger partial charge is 0.223 e. The van der Waals surface area contributed by atoms with Crippen LogP contribution in [0.1, 0.15) is 12.0 Å². The number of nitrogens with one attached hydrogen (secondary N) is 1. The molecule has 0 fully saturated rings. The van der Waals surface area contributed by atoms with Crippen molar-refractivity contribution in [2.75, 3.05) is 11.5 Å². The summed E-state index contributed by atoms with van der Waals surface area (Å²) in [6.07, 6.45) is 6.89. The van der Waals surface area contributed by atoms with Gasteiger partial charge in [-0.2, -0.15) is 9.97 Å². The molecule has 0 saturated carbocycles. The van der Waals surface area contributed by atoms with Crippen molar-refractivity contribution in [3.05, 3.63) is 42.0 Å². The van der Waals surface area contributed by atoms with E-state index in [1.807, 2.05) is 30.4 Å². The van der Waals surface area contributed by atoms with Crippen LogP contribution in [-0.4, -0.2) is 19.8 Å². The standard InChI is InChI=1S/C16H13N5S/c17-14-13-12-9(8-4-1-2-7-11(8)22)5-3-6-10(12)19-15(13)21-16(18)20-14/h1-6H,7H2,(H5,17,18,19,20,21). The highest BCUT2D eigenvalue weighted by Crippen LogP contribution is 2.35. The van der Waals surface area contributed by atoms with Crippen molar-refractivity contribution in [3.8, 4) is 0 Å². The molecule has 22 heavy (non-hydrogen) atoms. The number of H-pyrrole nitrogens is 1. The number of benzene rings is 1. The third kappa shape index (κ3) is 1.81. The minimum atomic E-state index is 0.161. The van der Waals surface area contributed by atoms with Gasteiger partial charge in [-0.1, -0.05) is 42.6 Å². The Hall–Kier alpha value is -2.73. The van der Waals surface area contributed by atoms with Crippen molar-refractivity contribution in [3.63, 3.8) is 0 Å². The molecule has 3 aromatic rings. The van der Waals surface area contributed by atoms with Crippen LogP contribution in [0.5, 0.6) is 0 Å². The molecule has 0 saturated heterocycles. The summed E-state index contributed by atoms with van der Waals surface area (Å²) in [6.45, 7) is 0. The van der Waals surface area contributed by atoms with E-state index in [0.29, 0.717) is 11.5 Å². The Balaban J connectivity index is 2.14. The molecule has 1 aromatic carbocycles. The van der Waals surface area contributed by atoms with Crippen LogP contribution in [-0.2, 0) is 0 Å². The zero-order chi connectivity index (χ0) is 15.3. The molecule has 0 aliphatic heterocycles. The summed E-state index contributed by atoms with van der Waals surface area (Å²) in [5, 5.41) is 1.77. The van der Waals surface area contributed by atoms with E-state index in [2.05, 4.69) is 21.0 Å². The first-order valence-electron chi connectivity index (χ1n) is 6.89. The molecule has 5 nitrogen and oxygen atoms in total. The minimum Gasteiger partial charge on any atom is -0.383 e. The second-order valence-electron chi connectivity index (χ2n) is 5.18. The molecular formula is C16H13N5S. The fourth-order valence-electron chi connectivity index (χ4n) is 2.89. The number of aromatic nitrogens is 3.